The lowest BCUT2D eigenvalue weighted by Crippen LogP contribution is -2.24. The van der Waals surface area contributed by atoms with E-state index in [2.05, 4.69) is 82.1 Å². The Morgan fingerprint density at radius 3 is 1.16 bits per heavy atom. The van der Waals surface area contributed by atoms with Gasteiger partial charge >= 0.3 is 8.10 Å². The minimum absolute atomic E-state index is 0.00821. The molecule has 4 heteroatoms. The lowest BCUT2D eigenvalue weighted by atomic mass is 9.92. The van der Waals surface area contributed by atoms with Crippen LogP contribution in [-0.2, 0) is 17.7 Å². The summed E-state index contributed by atoms with van der Waals surface area (Å²) in [5.74, 6) is 0. The summed E-state index contributed by atoms with van der Waals surface area (Å²) in [7, 11) is -1.75. The molecule has 5 rings (SSSR count). The van der Waals surface area contributed by atoms with Gasteiger partial charge in [0.1, 0.15) is 12.1 Å². The van der Waals surface area contributed by atoms with E-state index in [4.69, 9.17) is 0 Å². The highest BCUT2D eigenvalue weighted by Gasteiger charge is 2.58. The number of hydrogen-bond donors (Lipinski definition) is 0. The Kier molecular flexibility index (Phi) is 6.22. The summed E-state index contributed by atoms with van der Waals surface area (Å²) < 4.78 is 18.4. The van der Waals surface area contributed by atoms with Gasteiger partial charge in [0.15, 0.2) is 0 Å². The number of benzene rings is 4. The molecule has 0 bridgehead atoms. The smallest absolute Gasteiger partial charge is 0.0650 e. The van der Waals surface area contributed by atoms with Crippen molar-refractivity contribution in [2.24, 2.45) is 0 Å². The van der Waals surface area contributed by atoms with Crippen molar-refractivity contribution in [2.45, 2.75) is 25.2 Å². The Bertz CT molecular complexity index is 1060. The lowest BCUT2D eigenvalue weighted by Gasteiger charge is -2.23. The molecule has 4 aromatic carbocycles. The molecule has 32 heavy (non-hydrogen) atoms. The topological polar surface area (TPSA) is 23.6 Å². The average Bonchev–Trinajstić information content (AvgIpc) is 3.12. The molecule has 4 aromatic rings. The van der Waals surface area contributed by atoms with E-state index in [9.17, 15) is 4.57 Å². The van der Waals surface area contributed by atoms with Crippen molar-refractivity contribution in [3.63, 3.8) is 0 Å². The predicted molar refractivity (Wildman–Crippen MR) is 130 cm³/mol. The van der Waals surface area contributed by atoms with Crippen molar-refractivity contribution < 1.29 is 4.57 Å². The summed E-state index contributed by atoms with van der Waals surface area (Å²) in [5, 5.41) is 0. The molecular formula is C28H26N2OP+. The van der Waals surface area contributed by atoms with Crippen LogP contribution in [0.1, 0.15) is 34.3 Å². The molecule has 0 aliphatic carbocycles. The first kappa shape index (κ1) is 20.8. The molecule has 0 N–H and O–H groups in total. The third-order valence-electron chi connectivity index (χ3n) is 6.04. The fourth-order valence-electron chi connectivity index (χ4n) is 4.55. The second-order valence-corrected chi connectivity index (χ2v) is 9.66. The molecule has 1 saturated heterocycles. The summed E-state index contributed by atoms with van der Waals surface area (Å²) in [6, 6.07) is 41.7. The van der Waals surface area contributed by atoms with E-state index in [0.717, 1.165) is 0 Å². The van der Waals surface area contributed by atoms with Gasteiger partial charge in [-0.1, -0.05) is 131 Å². The van der Waals surface area contributed by atoms with Gasteiger partial charge in [0.05, 0.1) is 13.1 Å². The first-order valence-electron chi connectivity index (χ1n) is 11.0. The molecular weight excluding hydrogens is 411 g/mol. The van der Waals surface area contributed by atoms with Crippen LogP contribution in [0.5, 0.6) is 0 Å². The molecule has 0 radical (unpaired) electrons. The van der Waals surface area contributed by atoms with Crippen molar-refractivity contribution in [2.75, 3.05) is 0 Å². The van der Waals surface area contributed by atoms with Crippen molar-refractivity contribution in [3.05, 3.63) is 144 Å². The van der Waals surface area contributed by atoms with Crippen LogP contribution < -0.4 is 0 Å². The van der Waals surface area contributed by atoms with Crippen molar-refractivity contribution in [1.82, 2.24) is 9.34 Å². The maximum absolute atomic E-state index is 14.1. The fraction of sp³-hybridized carbons (Fsp3) is 0.143. The van der Waals surface area contributed by atoms with E-state index in [1.54, 1.807) is 0 Å². The highest BCUT2D eigenvalue weighted by molar-refractivity contribution is 7.39. The molecule has 0 spiro atoms. The molecule has 158 valence electrons. The Hall–Kier alpha value is -3.10. The Balaban J connectivity index is 1.61. The van der Waals surface area contributed by atoms with E-state index in [0.29, 0.717) is 13.1 Å². The van der Waals surface area contributed by atoms with E-state index in [1.165, 1.54) is 22.3 Å². The van der Waals surface area contributed by atoms with Crippen LogP contribution in [0, 0.1) is 0 Å². The van der Waals surface area contributed by atoms with Crippen molar-refractivity contribution in [3.8, 4) is 0 Å². The van der Waals surface area contributed by atoms with Gasteiger partial charge in [-0.05, 0) is 26.8 Å². The fourth-order valence-corrected chi connectivity index (χ4v) is 6.36. The van der Waals surface area contributed by atoms with Crippen LogP contribution in [0.2, 0.25) is 0 Å². The highest BCUT2D eigenvalue weighted by atomic mass is 31.1. The zero-order valence-electron chi connectivity index (χ0n) is 17.9. The molecule has 1 aliphatic rings. The van der Waals surface area contributed by atoms with Crippen LogP contribution in [0.4, 0.5) is 0 Å². The largest absolute Gasteiger partial charge is 0.539 e. The number of hydrogen-bond acceptors (Lipinski definition) is 1. The van der Waals surface area contributed by atoms with E-state index < -0.39 is 8.10 Å². The molecule has 0 aromatic heterocycles. The zero-order valence-corrected chi connectivity index (χ0v) is 18.8. The van der Waals surface area contributed by atoms with Crippen LogP contribution in [0.3, 0.4) is 0 Å². The van der Waals surface area contributed by atoms with Gasteiger partial charge in [-0.25, -0.2) is 0 Å². The molecule has 0 amide bonds. The van der Waals surface area contributed by atoms with Crippen molar-refractivity contribution in [1.29, 1.82) is 0 Å². The summed E-state index contributed by atoms with van der Waals surface area (Å²) >= 11 is 0. The van der Waals surface area contributed by atoms with Crippen LogP contribution >= 0.6 is 8.10 Å². The Morgan fingerprint density at radius 2 is 0.812 bits per heavy atom. The Morgan fingerprint density at radius 1 is 0.500 bits per heavy atom. The average molecular weight is 438 g/mol. The molecule has 2 atom stereocenters. The highest BCUT2D eigenvalue weighted by Crippen LogP contribution is 2.59. The SMILES string of the molecule is O=[P+]1N(Cc2ccccc2)[C@@H](c2ccccc2)[C@H](c2ccccc2)N1Cc1ccccc1. The van der Waals surface area contributed by atoms with E-state index in [1.807, 2.05) is 48.5 Å². The summed E-state index contributed by atoms with van der Waals surface area (Å²) in [5.41, 5.74) is 4.72. The Labute approximate surface area is 190 Å². The second kappa shape index (κ2) is 9.58. The first-order chi connectivity index (χ1) is 15.8. The molecule has 1 aliphatic heterocycles. The maximum Gasteiger partial charge on any atom is 0.539 e. The standard InChI is InChI=1S/C28H26N2OP/c31-32-29(21-23-13-5-1-6-14-23)27(25-17-9-3-10-18-25)28(26-19-11-4-12-20-26)30(32)22-24-15-7-2-8-16-24/h1-20,27-28H,21-22H2/q+1/t27-,28-/m0/s1. The normalized spacial score (nSPS) is 19.3. The third kappa shape index (κ3) is 4.28. The monoisotopic (exact) mass is 437 g/mol. The molecule has 0 unspecified atom stereocenters. The van der Waals surface area contributed by atoms with Gasteiger partial charge in [-0.2, -0.15) is 0 Å². The van der Waals surface area contributed by atoms with Gasteiger partial charge in [-0.3, -0.25) is 0 Å². The van der Waals surface area contributed by atoms with Gasteiger partial charge in [0, 0.05) is 0 Å². The van der Waals surface area contributed by atoms with Crippen molar-refractivity contribution >= 4 is 8.10 Å². The van der Waals surface area contributed by atoms with Crippen LogP contribution in [-0.4, -0.2) is 9.34 Å². The van der Waals surface area contributed by atoms with Crippen LogP contribution in [0.15, 0.2) is 121 Å². The first-order valence-corrected chi connectivity index (χ1v) is 12.2. The zero-order chi connectivity index (χ0) is 21.8. The maximum atomic E-state index is 14.1. The summed E-state index contributed by atoms with van der Waals surface area (Å²) in [6.45, 7) is 1.29. The van der Waals surface area contributed by atoms with E-state index >= 15 is 0 Å². The second-order valence-electron chi connectivity index (χ2n) is 8.13. The number of rotatable bonds is 6. The van der Waals surface area contributed by atoms with Gasteiger partial charge in [-0.15, -0.1) is 0 Å². The number of nitrogens with zero attached hydrogens (tertiary/aromatic N) is 2. The third-order valence-corrected chi connectivity index (χ3v) is 7.70. The van der Waals surface area contributed by atoms with Gasteiger partial charge in [0.25, 0.3) is 0 Å². The quantitative estimate of drug-likeness (QED) is 0.299. The van der Waals surface area contributed by atoms with E-state index in [-0.39, 0.29) is 12.1 Å². The van der Waals surface area contributed by atoms with Gasteiger partial charge < -0.3 is 0 Å². The van der Waals surface area contributed by atoms with Gasteiger partial charge in [0.2, 0.25) is 0 Å². The molecule has 1 heterocycles. The molecule has 3 nitrogen and oxygen atoms in total. The molecule has 0 saturated carbocycles. The molecule has 1 fully saturated rings. The predicted octanol–water partition coefficient (Wildman–Crippen LogP) is 7.14. The lowest BCUT2D eigenvalue weighted by molar-refractivity contribution is 0.263. The minimum atomic E-state index is -1.75. The minimum Gasteiger partial charge on any atom is -0.0650 e. The van der Waals surface area contributed by atoms with Crippen LogP contribution in [0.25, 0.3) is 0 Å². The summed E-state index contributed by atoms with van der Waals surface area (Å²) in [6.07, 6.45) is 0. The summed E-state index contributed by atoms with van der Waals surface area (Å²) in [4.78, 5) is 0.